The lowest BCUT2D eigenvalue weighted by atomic mass is 9.89. The molecular formula is C15H23Br. The van der Waals surface area contributed by atoms with Gasteiger partial charge in [-0.3, -0.25) is 0 Å². The zero-order valence-corrected chi connectivity index (χ0v) is 12.3. The van der Waals surface area contributed by atoms with Gasteiger partial charge in [0.2, 0.25) is 0 Å². The molecule has 16 heavy (non-hydrogen) atoms. The number of rotatable bonds is 6. The molecule has 0 saturated carbocycles. The summed E-state index contributed by atoms with van der Waals surface area (Å²) in [5, 5.41) is 1.07. The third-order valence-electron chi connectivity index (χ3n) is 3.20. The van der Waals surface area contributed by atoms with Crippen LogP contribution in [0.4, 0.5) is 0 Å². The Morgan fingerprint density at radius 2 is 1.81 bits per heavy atom. The van der Waals surface area contributed by atoms with E-state index in [2.05, 4.69) is 61.0 Å². The van der Waals surface area contributed by atoms with Gasteiger partial charge >= 0.3 is 0 Å². The van der Waals surface area contributed by atoms with Crippen LogP contribution < -0.4 is 0 Å². The first-order valence-corrected chi connectivity index (χ1v) is 7.42. The van der Waals surface area contributed by atoms with Crippen molar-refractivity contribution >= 4 is 15.9 Å². The molecular weight excluding hydrogens is 260 g/mol. The van der Waals surface area contributed by atoms with Crippen molar-refractivity contribution in [2.75, 3.05) is 5.33 Å². The number of hydrogen-bond donors (Lipinski definition) is 0. The van der Waals surface area contributed by atoms with Crippen LogP contribution in [0.15, 0.2) is 24.3 Å². The zero-order chi connectivity index (χ0) is 12.0. The van der Waals surface area contributed by atoms with Gasteiger partial charge in [-0.05, 0) is 30.7 Å². The van der Waals surface area contributed by atoms with Crippen LogP contribution in [0.5, 0.6) is 0 Å². The van der Waals surface area contributed by atoms with Gasteiger partial charge < -0.3 is 0 Å². The first-order chi connectivity index (χ1) is 7.67. The molecule has 1 heteroatoms. The van der Waals surface area contributed by atoms with Gasteiger partial charge in [0.05, 0.1) is 0 Å². The molecule has 0 N–H and O–H groups in total. The summed E-state index contributed by atoms with van der Waals surface area (Å²) in [7, 11) is 0. The number of alkyl halides is 1. The second kappa shape index (κ2) is 7.11. The van der Waals surface area contributed by atoms with E-state index in [0.29, 0.717) is 5.92 Å². The Bertz CT molecular complexity index is 289. The number of halogens is 1. The van der Waals surface area contributed by atoms with Gasteiger partial charge in [-0.2, -0.15) is 0 Å². The van der Waals surface area contributed by atoms with Gasteiger partial charge in [0.1, 0.15) is 0 Å². The average molecular weight is 283 g/mol. The zero-order valence-electron chi connectivity index (χ0n) is 10.7. The van der Waals surface area contributed by atoms with Crippen molar-refractivity contribution in [3.05, 3.63) is 35.4 Å². The summed E-state index contributed by atoms with van der Waals surface area (Å²) in [6.07, 6.45) is 3.93. The summed E-state index contributed by atoms with van der Waals surface area (Å²) >= 11 is 3.65. The largest absolute Gasteiger partial charge is 0.0921 e. The first-order valence-electron chi connectivity index (χ1n) is 6.29. The molecule has 0 heterocycles. The van der Waals surface area contributed by atoms with E-state index in [-0.39, 0.29) is 0 Å². The molecule has 0 nitrogen and oxygen atoms in total. The molecule has 1 rings (SSSR count). The highest BCUT2D eigenvalue weighted by Crippen LogP contribution is 2.27. The predicted molar refractivity (Wildman–Crippen MR) is 76.4 cm³/mol. The highest BCUT2D eigenvalue weighted by Gasteiger charge is 2.13. The molecule has 0 fully saturated rings. The van der Waals surface area contributed by atoms with Crippen LogP contribution in [0.2, 0.25) is 0 Å². The summed E-state index contributed by atoms with van der Waals surface area (Å²) in [4.78, 5) is 0. The molecule has 2 atom stereocenters. The van der Waals surface area contributed by atoms with E-state index >= 15 is 0 Å². The summed E-state index contributed by atoms with van der Waals surface area (Å²) in [5.74, 6) is 1.50. The van der Waals surface area contributed by atoms with Gasteiger partial charge in [-0.25, -0.2) is 0 Å². The van der Waals surface area contributed by atoms with Crippen molar-refractivity contribution in [1.82, 2.24) is 0 Å². The lowest BCUT2D eigenvalue weighted by Crippen LogP contribution is -2.06. The molecule has 0 aliphatic rings. The van der Waals surface area contributed by atoms with Crippen LogP contribution in [-0.2, 0) is 0 Å². The topological polar surface area (TPSA) is 0 Å². The maximum absolute atomic E-state index is 3.65. The highest BCUT2D eigenvalue weighted by molar-refractivity contribution is 9.09. The number of hydrogen-bond acceptors (Lipinski definition) is 0. The summed E-state index contributed by atoms with van der Waals surface area (Å²) in [5.41, 5.74) is 2.82. The fraction of sp³-hybridized carbons (Fsp3) is 0.600. The SMILES string of the molecule is CCCC(C)CC(CBr)c1ccc(C)cc1. The smallest absolute Gasteiger partial charge is 0.0100 e. The summed E-state index contributed by atoms with van der Waals surface area (Å²) < 4.78 is 0. The number of benzene rings is 1. The normalized spacial score (nSPS) is 14.8. The van der Waals surface area contributed by atoms with E-state index in [1.807, 2.05) is 0 Å². The molecule has 2 unspecified atom stereocenters. The van der Waals surface area contributed by atoms with E-state index in [1.165, 1.54) is 30.4 Å². The molecule has 0 spiro atoms. The van der Waals surface area contributed by atoms with Crippen molar-refractivity contribution in [3.8, 4) is 0 Å². The summed E-state index contributed by atoms with van der Waals surface area (Å²) in [6, 6.07) is 8.99. The predicted octanol–water partition coefficient (Wildman–Crippen LogP) is 5.30. The van der Waals surface area contributed by atoms with Crippen LogP contribution in [0.3, 0.4) is 0 Å². The van der Waals surface area contributed by atoms with Crippen LogP contribution in [0.25, 0.3) is 0 Å². The van der Waals surface area contributed by atoms with E-state index < -0.39 is 0 Å². The first kappa shape index (κ1) is 13.8. The monoisotopic (exact) mass is 282 g/mol. The number of aryl methyl sites for hydroxylation is 1. The van der Waals surface area contributed by atoms with E-state index in [4.69, 9.17) is 0 Å². The minimum absolute atomic E-state index is 0.669. The van der Waals surface area contributed by atoms with Gasteiger partial charge in [0.15, 0.2) is 0 Å². The summed E-state index contributed by atoms with van der Waals surface area (Å²) in [6.45, 7) is 6.78. The molecule has 0 bridgehead atoms. The minimum atomic E-state index is 0.669. The Morgan fingerprint density at radius 3 is 2.31 bits per heavy atom. The van der Waals surface area contributed by atoms with Gasteiger partial charge in [0, 0.05) is 5.33 Å². The molecule has 0 saturated heterocycles. The van der Waals surface area contributed by atoms with Crippen molar-refractivity contribution in [2.45, 2.75) is 46.0 Å². The molecule has 1 aromatic rings. The molecule has 0 aliphatic carbocycles. The second-order valence-corrected chi connectivity index (χ2v) is 5.54. The van der Waals surface area contributed by atoms with Gasteiger partial charge in [-0.15, -0.1) is 0 Å². The molecule has 90 valence electrons. The lowest BCUT2D eigenvalue weighted by molar-refractivity contribution is 0.452. The van der Waals surface area contributed by atoms with Crippen LogP contribution in [-0.4, -0.2) is 5.33 Å². The maximum Gasteiger partial charge on any atom is 0.0100 e. The fourth-order valence-electron chi connectivity index (χ4n) is 2.22. The fourth-order valence-corrected chi connectivity index (χ4v) is 2.86. The maximum atomic E-state index is 3.65. The van der Waals surface area contributed by atoms with Crippen LogP contribution >= 0.6 is 15.9 Å². The van der Waals surface area contributed by atoms with Crippen molar-refractivity contribution in [2.24, 2.45) is 5.92 Å². The Hall–Kier alpha value is -0.300. The Morgan fingerprint density at radius 1 is 1.19 bits per heavy atom. The quantitative estimate of drug-likeness (QED) is 0.621. The molecule has 0 radical (unpaired) electrons. The van der Waals surface area contributed by atoms with Gasteiger partial charge in [0.25, 0.3) is 0 Å². The lowest BCUT2D eigenvalue weighted by Gasteiger charge is -2.19. The van der Waals surface area contributed by atoms with Gasteiger partial charge in [-0.1, -0.05) is 72.4 Å². The van der Waals surface area contributed by atoms with E-state index in [9.17, 15) is 0 Å². The van der Waals surface area contributed by atoms with E-state index in [1.54, 1.807) is 0 Å². The third kappa shape index (κ3) is 4.29. The van der Waals surface area contributed by atoms with E-state index in [0.717, 1.165) is 11.2 Å². The standard InChI is InChI=1S/C15H23Br/c1-4-5-13(3)10-15(11-16)14-8-6-12(2)7-9-14/h6-9,13,15H,4-5,10-11H2,1-3H3. The third-order valence-corrected chi connectivity index (χ3v) is 3.98. The van der Waals surface area contributed by atoms with Crippen LogP contribution in [0, 0.1) is 12.8 Å². The molecule has 0 aromatic heterocycles. The minimum Gasteiger partial charge on any atom is -0.0921 e. The average Bonchev–Trinajstić information content (AvgIpc) is 2.27. The van der Waals surface area contributed by atoms with Crippen molar-refractivity contribution in [1.29, 1.82) is 0 Å². The Balaban J connectivity index is 2.63. The Kier molecular flexibility index (Phi) is 6.12. The highest BCUT2D eigenvalue weighted by atomic mass is 79.9. The molecule has 0 amide bonds. The van der Waals surface area contributed by atoms with Crippen molar-refractivity contribution < 1.29 is 0 Å². The Labute approximate surface area is 109 Å². The molecule has 0 aliphatic heterocycles. The van der Waals surface area contributed by atoms with Crippen LogP contribution in [0.1, 0.15) is 50.2 Å². The molecule has 1 aromatic carbocycles. The van der Waals surface area contributed by atoms with Crippen molar-refractivity contribution in [3.63, 3.8) is 0 Å². The second-order valence-electron chi connectivity index (χ2n) is 4.89.